The summed E-state index contributed by atoms with van der Waals surface area (Å²) in [7, 11) is 0. The van der Waals surface area contributed by atoms with Crippen molar-refractivity contribution in [3.8, 4) is 16.4 Å². The zero-order valence-corrected chi connectivity index (χ0v) is 22.2. The number of rotatable bonds is 5. The van der Waals surface area contributed by atoms with Gasteiger partial charge in [-0.2, -0.15) is 5.10 Å². The lowest BCUT2D eigenvalue weighted by molar-refractivity contribution is 0.0684. The fourth-order valence-corrected chi connectivity index (χ4v) is 6.09. The standard InChI is InChI=1S/C29H34N4OS/c1-6-21-12-14-32(15-13-21)28(34)26-23-17-20(5)10-11-24(23)33(31-26)29-30-25(27(35-29)18(2)3)22-9-7-8-19(4)16-22/h7-11,16-18,21H,6,12-15H2,1-5H3. The van der Waals surface area contributed by atoms with Crippen LogP contribution in [0.3, 0.4) is 0 Å². The van der Waals surface area contributed by atoms with Gasteiger partial charge < -0.3 is 4.90 Å². The number of hydrogen-bond donors (Lipinski definition) is 0. The third-order valence-corrected chi connectivity index (χ3v) is 8.49. The molecule has 5 nitrogen and oxygen atoms in total. The lowest BCUT2D eigenvalue weighted by Crippen LogP contribution is -2.38. The number of aryl methyl sites for hydroxylation is 2. The first kappa shape index (κ1) is 23.7. The van der Waals surface area contributed by atoms with Crippen molar-refractivity contribution < 1.29 is 4.79 Å². The zero-order valence-electron chi connectivity index (χ0n) is 21.3. The second kappa shape index (κ2) is 9.57. The Hall–Kier alpha value is -2.99. The maximum atomic E-state index is 13.6. The molecular formula is C29H34N4OS. The van der Waals surface area contributed by atoms with Crippen molar-refractivity contribution in [3.63, 3.8) is 0 Å². The molecule has 1 saturated heterocycles. The van der Waals surface area contributed by atoms with Crippen molar-refractivity contribution in [2.45, 2.75) is 59.8 Å². The molecule has 0 spiro atoms. The first-order valence-corrected chi connectivity index (χ1v) is 13.5. The molecule has 1 aliphatic rings. The normalized spacial score (nSPS) is 14.9. The van der Waals surface area contributed by atoms with E-state index in [4.69, 9.17) is 10.1 Å². The van der Waals surface area contributed by atoms with E-state index in [1.165, 1.54) is 16.9 Å². The average Bonchev–Trinajstić information content (AvgIpc) is 3.46. The molecule has 0 aliphatic carbocycles. The molecule has 5 rings (SSSR count). The molecule has 1 fully saturated rings. The number of carbonyl (C=O) groups excluding carboxylic acids is 1. The van der Waals surface area contributed by atoms with Crippen LogP contribution >= 0.6 is 11.3 Å². The van der Waals surface area contributed by atoms with Crippen molar-refractivity contribution in [2.75, 3.05) is 13.1 Å². The van der Waals surface area contributed by atoms with Crippen LogP contribution in [0, 0.1) is 19.8 Å². The Kier molecular flexibility index (Phi) is 6.49. The minimum atomic E-state index is 0.0356. The van der Waals surface area contributed by atoms with Gasteiger partial charge in [0.25, 0.3) is 5.91 Å². The molecule has 1 aliphatic heterocycles. The van der Waals surface area contributed by atoms with Crippen LogP contribution < -0.4 is 0 Å². The summed E-state index contributed by atoms with van der Waals surface area (Å²) >= 11 is 1.67. The van der Waals surface area contributed by atoms with E-state index in [-0.39, 0.29) is 5.91 Å². The molecule has 0 saturated carbocycles. The number of likely N-dealkylation sites (tertiary alicyclic amines) is 1. The average molecular weight is 487 g/mol. The van der Waals surface area contributed by atoms with Gasteiger partial charge in [0.1, 0.15) is 0 Å². The second-order valence-electron chi connectivity index (χ2n) is 10.2. The van der Waals surface area contributed by atoms with Crippen LogP contribution in [0.5, 0.6) is 0 Å². The van der Waals surface area contributed by atoms with E-state index in [2.05, 4.69) is 77.1 Å². The Morgan fingerprint density at radius 2 is 1.83 bits per heavy atom. The second-order valence-corrected chi connectivity index (χ2v) is 11.2. The van der Waals surface area contributed by atoms with Crippen molar-refractivity contribution in [2.24, 2.45) is 5.92 Å². The molecule has 1 amide bonds. The van der Waals surface area contributed by atoms with Gasteiger partial charge in [-0.15, -0.1) is 0 Å². The Labute approximate surface area is 211 Å². The van der Waals surface area contributed by atoms with Crippen LogP contribution in [0.1, 0.15) is 72.4 Å². The van der Waals surface area contributed by atoms with E-state index >= 15 is 0 Å². The van der Waals surface area contributed by atoms with Gasteiger partial charge in [0.15, 0.2) is 5.69 Å². The number of piperidine rings is 1. The van der Waals surface area contributed by atoms with Crippen LogP contribution in [0.25, 0.3) is 27.3 Å². The fraction of sp³-hybridized carbons (Fsp3) is 0.414. The molecule has 0 N–H and O–H groups in total. The molecule has 6 heteroatoms. The highest BCUT2D eigenvalue weighted by molar-refractivity contribution is 7.14. The van der Waals surface area contributed by atoms with Gasteiger partial charge in [-0.25, -0.2) is 9.67 Å². The summed E-state index contributed by atoms with van der Waals surface area (Å²) in [4.78, 5) is 21.9. The molecule has 0 unspecified atom stereocenters. The number of aromatic nitrogens is 3. The van der Waals surface area contributed by atoms with Gasteiger partial charge in [0, 0.05) is 28.9 Å². The van der Waals surface area contributed by atoms with E-state index in [0.29, 0.717) is 11.6 Å². The van der Waals surface area contributed by atoms with Gasteiger partial charge in [-0.1, -0.05) is 73.9 Å². The number of benzene rings is 2. The van der Waals surface area contributed by atoms with Crippen LogP contribution in [-0.2, 0) is 0 Å². The third kappa shape index (κ3) is 4.52. The maximum Gasteiger partial charge on any atom is 0.275 e. The van der Waals surface area contributed by atoms with E-state index in [9.17, 15) is 4.79 Å². The molecule has 3 heterocycles. The van der Waals surface area contributed by atoms with Crippen molar-refractivity contribution >= 4 is 28.1 Å². The van der Waals surface area contributed by atoms with Gasteiger partial charge in [-0.3, -0.25) is 4.79 Å². The van der Waals surface area contributed by atoms with Gasteiger partial charge in [-0.05, 0) is 56.7 Å². The Morgan fingerprint density at radius 3 is 2.51 bits per heavy atom. The molecule has 182 valence electrons. The Morgan fingerprint density at radius 1 is 1.09 bits per heavy atom. The summed E-state index contributed by atoms with van der Waals surface area (Å²) < 4.78 is 1.89. The first-order chi connectivity index (χ1) is 16.9. The minimum Gasteiger partial charge on any atom is -0.337 e. The maximum absolute atomic E-state index is 13.6. The molecule has 35 heavy (non-hydrogen) atoms. The lowest BCUT2D eigenvalue weighted by Gasteiger charge is -2.31. The van der Waals surface area contributed by atoms with Crippen molar-refractivity contribution in [1.29, 1.82) is 0 Å². The summed E-state index contributed by atoms with van der Waals surface area (Å²) in [5.41, 5.74) is 5.94. The molecule has 0 radical (unpaired) electrons. The molecule has 2 aromatic heterocycles. The highest BCUT2D eigenvalue weighted by Gasteiger charge is 2.28. The Balaban J connectivity index is 1.60. The third-order valence-electron chi connectivity index (χ3n) is 7.16. The predicted octanol–water partition coefficient (Wildman–Crippen LogP) is 7.15. The quantitative estimate of drug-likeness (QED) is 0.301. The van der Waals surface area contributed by atoms with E-state index in [1.807, 2.05) is 9.58 Å². The number of carbonyl (C=O) groups is 1. The first-order valence-electron chi connectivity index (χ1n) is 12.7. The number of nitrogens with zero attached hydrogens (tertiary/aromatic N) is 4. The molecule has 4 aromatic rings. The topological polar surface area (TPSA) is 51.0 Å². The Bertz CT molecular complexity index is 1370. The summed E-state index contributed by atoms with van der Waals surface area (Å²) in [6.45, 7) is 12.4. The van der Waals surface area contributed by atoms with Crippen LogP contribution in [-0.4, -0.2) is 38.7 Å². The fourth-order valence-electron chi connectivity index (χ4n) is 5.03. The summed E-state index contributed by atoms with van der Waals surface area (Å²) in [6, 6.07) is 14.7. The highest BCUT2D eigenvalue weighted by Crippen LogP contribution is 2.37. The largest absolute Gasteiger partial charge is 0.337 e. The number of fused-ring (bicyclic) bond motifs is 1. The van der Waals surface area contributed by atoms with Gasteiger partial charge in [0.2, 0.25) is 5.13 Å². The SMILES string of the molecule is CCC1CCN(C(=O)c2nn(-c3nc(-c4cccc(C)c4)c(C(C)C)s3)c3ccc(C)cc23)CC1. The molecule has 0 atom stereocenters. The van der Waals surface area contributed by atoms with E-state index in [0.717, 1.165) is 64.7 Å². The van der Waals surface area contributed by atoms with Crippen molar-refractivity contribution in [3.05, 3.63) is 64.2 Å². The summed E-state index contributed by atoms with van der Waals surface area (Å²) in [5, 5.41) is 6.63. The number of hydrogen-bond acceptors (Lipinski definition) is 4. The predicted molar refractivity (Wildman–Crippen MR) is 145 cm³/mol. The van der Waals surface area contributed by atoms with Crippen LogP contribution in [0.2, 0.25) is 0 Å². The van der Waals surface area contributed by atoms with Crippen LogP contribution in [0.4, 0.5) is 0 Å². The molecular weight excluding hydrogens is 452 g/mol. The lowest BCUT2D eigenvalue weighted by atomic mass is 9.94. The van der Waals surface area contributed by atoms with E-state index < -0.39 is 0 Å². The van der Waals surface area contributed by atoms with Gasteiger partial charge >= 0.3 is 0 Å². The van der Waals surface area contributed by atoms with Crippen LogP contribution in [0.15, 0.2) is 42.5 Å². The van der Waals surface area contributed by atoms with E-state index in [1.54, 1.807) is 11.3 Å². The molecule has 2 aromatic carbocycles. The zero-order chi connectivity index (χ0) is 24.7. The van der Waals surface area contributed by atoms with Crippen molar-refractivity contribution in [1.82, 2.24) is 19.7 Å². The highest BCUT2D eigenvalue weighted by atomic mass is 32.1. The summed E-state index contributed by atoms with van der Waals surface area (Å²) in [5.74, 6) is 1.09. The number of amides is 1. The minimum absolute atomic E-state index is 0.0356. The number of thiazole rings is 1. The summed E-state index contributed by atoms with van der Waals surface area (Å²) in [6.07, 6.45) is 3.33. The monoisotopic (exact) mass is 486 g/mol. The molecule has 0 bridgehead atoms. The smallest absolute Gasteiger partial charge is 0.275 e. The van der Waals surface area contributed by atoms with Gasteiger partial charge in [0.05, 0.1) is 11.2 Å².